The van der Waals surface area contributed by atoms with Gasteiger partial charge in [0.15, 0.2) is 0 Å². The Kier molecular flexibility index (Phi) is 5.43. The highest BCUT2D eigenvalue weighted by Crippen LogP contribution is 2.07. The van der Waals surface area contributed by atoms with Gasteiger partial charge in [-0.05, 0) is 25.5 Å². The van der Waals surface area contributed by atoms with E-state index in [1.807, 2.05) is 0 Å². The van der Waals surface area contributed by atoms with Gasteiger partial charge in [0.2, 0.25) is 0 Å². The molecule has 1 rings (SSSR count). The summed E-state index contributed by atoms with van der Waals surface area (Å²) in [4.78, 5) is 2.85. The molecule has 0 aliphatic heterocycles. The van der Waals surface area contributed by atoms with Crippen molar-refractivity contribution in [3.63, 3.8) is 0 Å². The minimum atomic E-state index is 0.570. The van der Waals surface area contributed by atoms with E-state index in [0.717, 1.165) is 19.5 Å². The molecular weight excluding hydrogens is 216 g/mol. The molecular formula is C13H20N2S. The fraction of sp³-hybridized carbons (Fsp3) is 0.462. The van der Waals surface area contributed by atoms with E-state index < -0.39 is 0 Å². The molecule has 0 fully saturated rings. The van der Waals surface area contributed by atoms with E-state index in [0.29, 0.717) is 11.5 Å². The summed E-state index contributed by atoms with van der Waals surface area (Å²) in [6, 6.07) is 8.61. The second kappa shape index (κ2) is 6.61. The molecule has 0 unspecified atom stereocenters. The van der Waals surface area contributed by atoms with Gasteiger partial charge in [0.1, 0.15) is 0 Å². The van der Waals surface area contributed by atoms with Crippen LogP contribution in [0.4, 0.5) is 0 Å². The number of hydrogen-bond acceptors (Lipinski definition) is 2. The van der Waals surface area contributed by atoms with Gasteiger partial charge in [-0.25, -0.2) is 0 Å². The molecule has 0 radical (unpaired) electrons. The third-order valence-corrected chi connectivity index (χ3v) is 2.58. The van der Waals surface area contributed by atoms with Crippen LogP contribution in [0.2, 0.25) is 0 Å². The second-order valence-electron chi connectivity index (χ2n) is 4.16. The highest BCUT2D eigenvalue weighted by Gasteiger charge is 2.05. The van der Waals surface area contributed by atoms with Gasteiger partial charge < -0.3 is 5.73 Å². The maximum atomic E-state index is 5.59. The van der Waals surface area contributed by atoms with Crippen molar-refractivity contribution in [3.8, 4) is 0 Å². The summed E-state index contributed by atoms with van der Waals surface area (Å²) in [5.74, 6) is 0. The number of rotatable bonds is 6. The highest BCUT2D eigenvalue weighted by molar-refractivity contribution is 7.80. The molecule has 0 atom stereocenters. The van der Waals surface area contributed by atoms with E-state index in [9.17, 15) is 0 Å². The standard InChI is InChI=1S/C13H20N2S/c1-3-8-15(10-13(14)16)9-12-6-4-11(2)5-7-12/h4-7H,3,8-10H2,1-2H3,(H2,14,16). The Morgan fingerprint density at radius 3 is 2.44 bits per heavy atom. The lowest BCUT2D eigenvalue weighted by Gasteiger charge is -2.21. The smallest absolute Gasteiger partial charge is 0.0870 e. The van der Waals surface area contributed by atoms with Gasteiger partial charge >= 0.3 is 0 Å². The fourth-order valence-corrected chi connectivity index (χ4v) is 1.88. The van der Waals surface area contributed by atoms with Crippen LogP contribution in [0.15, 0.2) is 24.3 Å². The normalized spacial score (nSPS) is 10.7. The van der Waals surface area contributed by atoms with Gasteiger partial charge in [-0.2, -0.15) is 0 Å². The van der Waals surface area contributed by atoms with Crippen molar-refractivity contribution in [1.82, 2.24) is 4.90 Å². The van der Waals surface area contributed by atoms with Gasteiger partial charge in [-0.3, -0.25) is 4.90 Å². The molecule has 0 aromatic heterocycles. The zero-order valence-corrected chi connectivity index (χ0v) is 10.9. The first-order valence-electron chi connectivity index (χ1n) is 5.68. The molecule has 88 valence electrons. The van der Waals surface area contributed by atoms with Crippen LogP contribution in [0.5, 0.6) is 0 Å². The zero-order chi connectivity index (χ0) is 12.0. The van der Waals surface area contributed by atoms with Crippen LogP contribution >= 0.6 is 12.2 Å². The van der Waals surface area contributed by atoms with Crippen molar-refractivity contribution in [2.45, 2.75) is 26.8 Å². The van der Waals surface area contributed by atoms with Crippen LogP contribution in [0.3, 0.4) is 0 Å². The molecule has 3 heteroatoms. The minimum absolute atomic E-state index is 0.570. The largest absolute Gasteiger partial charge is 0.392 e. The van der Waals surface area contributed by atoms with E-state index in [1.165, 1.54) is 11.1 Å². The molecule has 2 N–H and O–H groups in total. The Labute approximate surface area is 103 Å². The molecule has 0 heterocycles. The zero-order valence-electron chi connectivity index (χ0n) is 10.1. The molecule has 0 spiro atoms. The Balaban J connectivity index is 2.59. The van der Waals surface area contributed by atoms with Crippen LogP contribution in [0, 0.1) is 6.92 Å². The SMILES string of the molecule is CCCN(CC(N)=S)Cc1ccc(C)cc1. The highest BCUT2D eigenvalue weighted by atomic mass is 32.1. The van der Waals surface area contributed by atoms with Crippen LogP contribution in [-0.4, -0.2) is 23.0 Å². The average molecular weight is 236 g/mol. The number of thiocarbonyl (C=S) groups is 1. The lowest BCUT2D eigenvalue weighted by molar-refractivity contribution is 0.304. The van der Waals surface area contributed by atoms with Gasteiger partial charge in [-0.15, -0.1) is 0 Å². The number of nitrogens with zero attached hydrogens (tertiary/aromatic N) is 1. The first-order chi connectivity index (χ1) is 7.61. The predicted octanol–water partition coefficient (Wildman–Crippen LogP) is 2.49. The van der Waals surface area contributed by atoms with Gasteiger partial charge in [0.25, 0.3) is 0 Å². The Bertz CT molecular complexity index is 332. The van der Waals surface area contributed by atoms with Crippen LogP contribution in [0.25, 0.3) is 0 Å². The molecule has 2 nitrogen and oxygen atoms in total. The molecule has 0 saturated carbocycles. The lowest BCUT2D eigenvalue weighted by Crippen LogP contribution is -2.32. The van der Waals surface area contributed by atoms with Crippen LogP contribution < -0.4 is 5.73 Å². The van der Waals surface area contributed by atoms with E-state index in [1.54, 1.807) is 0 Å². The Morgan fingerprint density at radius 2 is 1.94 bits per heavy atom. The van der Waals surface area contributed by atoms with Crippen molar-refractivity contribution in [2.24, 2.45) is 5.73 Å². The monoisotopic (exact) mass is 236 g/mol. The van der Waals surface area contributed by atoms with Crippen LogP contribution in [-0.2, 0) is 6.54 Å². The molecule has 0 saturated heterocycles. The van der Waals surface area contributed by atoms with E-state index in [4.69, 9.17) is 18.0 Å². The van der Waals surface area contributed by atoms with Gasteiger partial charge in [0, 0.05) is 13.1 Å². The maximum absolute atomic E-state index is 5.59. The summed E-state index contributed by atoms with van der Waals surface area (Å²) >= 11 is 4.96. The first-order valence-corrected chi connectivity index (χ1v) is 6.09. The second-order valence-corrected chi connectivity index (χ2v) is 4.69. The predicted molar refractivity (Wildman–Crippen MR) is 73.5 cm³/mol. The molecule has 1 aromatic carbocycles. The summed E-state index contributed by atoms with van der Waals surface area (Å²) in [6.45, 7) is 6.93. The van der Waals surface area contributed by atoms with Crippen molar-refractivity contribution in [2.75, 3.05) is 13.1 Å². The topological polar surface area (TPSA) is 29.3 Å². The summed E-state index contributed by atoms with van der Waals surface area (Å²) in [7, 11) is 0. The average Bonchev–Trinajstić information content (AvgIpc) is 2.21. The van der Waals surface area contributed by atoms with Gasteiger partial charge in [-0.1, -0.05) is 49.0 Å². The van der Waals surface area contributed by atoms with E-state index in [2.05, 4.69) is 43.0 Å². The van der Waals surface area contributed by atoms with Crippen molar-refractivity contribution >= 4 is 17.2 Å². The summed E-state index contributed by atoms with van der Waals surface area (Å²) in [5.41, 5.74) is 8.20. The van der Waals surface area contributed by atoms with Crippen LogP contribution in [0.1, 0.15) is 24.5 Å². The lowest BCUT2D eigenvalue weighted by atomic mass is 10.1. The van der Waals surface area contributed by atoms with E-state index in [-0.39, 0.29) is 0 Å². The third-order valence-electron chi connectivity index (χ3n) is 2.45. The van der Waals surface area contributed by atoms with Crippen molar-refractivity contribution in [1.29, 1.82) is 0 Å². The number of hydrogen-bond donors (Lipinski definition) is 1. The Hall–Kier alpha value is -0.930. The minimum Gasteiger partial charge on any atom is -0.392 e. The van der Waals surface area contributed by atoms with Gasteiger partial charge in [0.05, 0.1) is 4.99 Å². The Morgan fingerprint density at radius 1 is 1.31 bits per heavy atom. The van der Waals surface area contributed by atoms with E-state index >= 15 is 0 Å². The molecule has 1 aromatic rings. The number of nitrogens with two attached hydrogens (primary N) is 1. The number of aryl methyl sites for hydroxylation is 1. The quantitative estimate of drug-likeness (QED) is 0.770. The van der Waals surface area contributed by atoms with Crippen molar-refractivity contribution in [3.05, 3.63) is 35.4 Å². The molecule has 0 aliphatic carbocycles. The molecule has 0 amide bonds. The number of benzene rings is 1. The third kappa shape index (κ3) is 4.73. The molecule has 0 aliphatic rings. The molecule has 0 bridgehead atoms. The van der Waals surface area contributed by atoms with Crippen molar-refractivity contribution < 1.29 is 0 Å². The summed E-state index contributed by atoms with van der Waals surface area (Å²) in [6.07, 6.45) is 1.12. The maximum Gasteiger partial charge on any atom is 0.0870 e. The summed E-state index contributed by atoms with van der Waals surface area (Å²) < 4.78 is 0. The molecule has 16 heavy (non-hydrogen) atoms. The fourth-order valence-electron chi connectivity index (χ4n) is 1.70. The first kappa shape index (κ1) is 13.1. The summed E-state index contributed by atoms with van der Waals surface area (Å²) in [5, 5.41) is 0.